The molecule has 0 amide bonds. The first kappa shape index (κ1) is 22.6. The summed E-state index contributed by atoms with van der Waals surface area (Å²) in [4.78, 5) is -0.843. The molecule has 3 aromatic rings. The smallest absolute Gasteiger partial charge is 0.296 e. The number of nitrogens with zero attached hydrogens (tertiary/aromatic N) is 2. The molecule has 12 heteroatoms. The van der Waals surface area contributed by atoms with E-state index in [-0.39, 0.29) is 33.2 Å². The Morgan fingerprint density at radius 3 is 2.13 bits per heavy atom. The average molecular weight is 466 g/mol. The van der Waals surface area contributed by atoms with Crippen LogP contribution < -0.4 is 4.74 Å². The van der Waals surface area contributed by atoms with Gasteiger partial charge in [-0.15, -0.1) is 10.2 Å². The number of benzene rings is 3. The first-order chi connectivity index (χ1) is 14.3. The number of aryl methyl sites for hydroxylation is 2. The van der Waals surface area contributed by atoms with E-state index in [1.165, 1.54) is 31.4 Å². The zero-order valence-electron chi connectivity index (χ0n) is 16.6. The molecule has 0 aliphatic rings. The van der Waals surface area contributed by atoms with Crippen LogP contribution in [0.2, 0.25) is 0 Å². The van der Waals surface area contributed by atoms with Crippen LogP contribution in [-0.4, -0.2) is 38.2 Å². The fourth-order valence-electron chi connectivity index (χ4n) is 3.11. The van der Waals surface area contributed by atoms with Gasteiger partial charge in [0.2, 0.25) is 0 Å². The minimum atomic E-state index is -4.63. The molecule has 3 rings (SSSR count). The van der Waals surface area contributed by atoms with E-state index >= 15 is 0 Å². The number of hydrogen-bond donors (Lipinski definition) is 3. The molecule has 0 unspecified atom stereocenters. The highest BCUT2D eigenvalue weighted by atomic mass is 32.2. The van der Waals surface area contributed by atoms with Gasteiger partial charge in [0.1, 0.15) is 22.0 Å². The minimum absolute atomic E-state index is 0.0207. The van der Waals surface area contributed by atoms with Gasteiger partial charge in [0.25, 0.3) is 20.2 Å². The van der Waals surface area contributed by atoms with Crippen molar-refractivity contribution in [1.82, 2.24) is 0 Å². The summed E-state index contributed by atoms with van der Waals surface area (Å²) in [6.45, 7) is 3.13. The Labute approximate surface area is 178 Å². The van der Waals surface area contributed by atoms with Gasteiger partial charge in [-0.1, -0.05) is 0 Å². The number of phenolic OH excluding ortho intramolecular Hbond substituents is 1. The molecule has 31 heavy (non-hydrogen) atoms. The SMILES string of the molecule is COc1ccc(N=Nc2c(C)cc3cc(S(=O)(=O)O)cc(C)c3c2O)c(S(=O)(=O)O)c1. The zero-order valence-corrected chi connectivity index (χ0v) is 18.2. The number of rotatable bonds is 5. The lowest BCUT2D eigenvalue weighted by Gasteiger charge is -2.11. The lowest BCUT2D eigenvalue weighted by atomic mass is 10.0. The van der Waals surface area contributed by atoms with E-state index in [0.29, 0.717) is 16.5 Å². The van der Waals surface area contributed by atoms with E-state index in [9.17, 15) is 31.0 Å². The maximum absolute atomic E-state index is 11.7. The third kappa shape index (κ3) is 4.51. The lowest BCUT2D eigenvalue weighted by Crippen LogP contribution is -1.99. The molecular formula is C19H18N2O8S2. The van der Waals surface area contributed by atoms with E-state index in [1.54, 1.807) is 19.9 Å². The number of fused-ring (bicyclic) bond motifs is 1. The van der Waals surface area contributed by atoms with Crippen molar-refractivity contribution in [3.8, 4) is 11.5 Å². The number of aromatic hydroxyl groups is 1. The van der Waals surface area contributed by atoms with Gasteiger partial charge in [0, 0.05) is 11.5 Å². The van der Waals surface area contributed by atoms with Gasteiger partial charge < -0.3 is 9.84 Å². The molecule has 0 heterocycles. The van der Waals surface area contributed by atoms with Gasteiger partial charge in [-0.05, 0) is 60.7 Å². The molecule has 3 aromatic carbocycles. The highest BCUT2D eigenvalue weighted by Gasteiger charge is 2.19. The van der Waals surface area contributed by atoms with Gasteiger partial charge in [0.15, 0.2) is 5.75 Å². The quantitative estimate of drug-likeness (QED) is 0.374. The van der Waals surface area contributed by atoms with Crippen LogP contribution in [0.1, 0.15) is 11.1 Å². The molecular weight excluding hydrogens is 448 g/mol. The molecule has 0 radical (unpaired) electrons. The first-order valence-corrected chi connectivity index (χ1v) is 11.5. The summed E-state index contributed by atoms with van der Waals surface area (Å²) >= 11 is 0. The summed E-state index contributed by atoms with van der Waals surface area (Å²) in [6.07, 6.45) is 0. The van der Waals surface area contributed by atoms with E-state index in [1.807, 2.05) is 0 Å². The number of methoxy groups -OCH3 is 1. The third-order valence-electron chi connectivity index (χ3n) is 4.55. The molecule has 3 N–H and O–H groups in total. The molecule has 0 fully saturated rings. The molecule has 0 bridgehead atoms. The fraction of sp³-hybridized carbons (Fsp3) is 0.158. The molecule has 10 nitrogen and oxygen atoms in total. The second kappa shape index (κ2) is 7.89. The first-order valence-electron chi connectivity index (χ1n) is 8.64. The third-order valence-corrected chi connectivity index (χ3v) is 6.26. The second-order valence-electron chi connectivity index (χ2n) is 6.71. The van der Waals surface area contributed by atoms with Crippen molar-refractivity contribution in [3.05, 3.63) is 47.5 Å². The Hall–Kier alpha value is -3.06. The molecule has 0 saturated carbocycles. The van der Waals surface area contributed by atoms with Crippen molar-refractivity contribution < 1.29 is 35.8 Å². The standard InChI is InChI=1S/C19H18N2O8S2/c1-10-7-14(30(23,24)25)8-12-6-11(2)18(19(22)17(10)12)21-20-15-5-4-13(29-3)9-16(15)31(26,27)28/h4-9,22H,1-3H3,(H,23,24,25)(H,26,27,28). The van der Waals surface area contributed by atoms with E-state index in [4.69, 9.17) is 4.74 Å². The lowest BCUT2D eigenvalue weighted by molar-refractivity contribution is 0.412. The van der Waals surface area contributed by atoms with Crippen molar-refractivity contribution >= 4 is 42.4 Å². The van der Waals surface area contributed by atoms with E-state index in [0.717, 1.165) is 6.07 Å². The van der Waals surface area contributed by atoms with Crippen LogP contribution in [0.3, 0.4) is 0 Å². The molecule has 0 aliphatic heterocycles. The van der Waals surface area contributed by atoms with E-state index < -0.39 is 25.1 Å². The van der Waals surface area contributed by atoms with Crippen LogP contribution in [0.15, 0.2) is 56.4 Å². The van der Waals surface area contributed by atoms with E-state index in [2.05, 4.69) is 10.2 Å². The number of ether oxygens (including phenoxy) is 1. The van der Waals surface area contributed by atoms with Crippen LogP contribution in [-0.2, 0) is 20.2 Å². The Balaban J connectivity index is 2.19. The summed E-state index contributed by atoms with van der Waals surface area (Å²) in [7, 11) is -7.74. The maximum Gasteiger partial charge on any atom is 0.296 e. The predicted octanol–water partition coefficient (Wildman–Crippen LogP) is 4.08. The summed E-state index contributed by atoms with van der Waals surface area (Å²) < 4.78 is 70.0. The van der Waals surface area contributed by atoms with Crippen LogP contribution in [0, 0.1) is 13.8 Å². The molecule has 0 aliphatic carbocycles. The Bertz CT molecular complexity index is 1450. The van der Waals surface area contributed by atoms with Gasteiger partial charge in [-0.3, -0.25) is 9.11 Å². The Kier molecular flexibility index (Phi) is 5.76. The number of azo groups is 1. The van der Waals surface area contributed by atoms with Crippen molar-refractivity contribution in [2.45, 2.75) is 23.6 Å². The van der Waals surface area contributed by atoms with Crippen LogP contribution in [0.5, 0.6) is 11.5 Å². The van der Waals surface area contributed by atoms with Crippen molar-refractivity contribution in [2.24, 2.45) is 10.2 Å². The largest absolute Gasteiger partial charge is 0.505 e. The monoisotopic (exact) mass is 466 g/mol. The highest BCUT2D eigenvalue weighted by Crippen LogP contribution is 2.41. The number of phenols is 1. The molecule has 0 aromatic heterocycles. The maximum atomic E-state index is 11.7. The van der Waals surface area contributed by atoms with Crippen molar-refractivity contribution in [2.75, 3.05) is 7.11 Å². The molecule has 0 spiro atoms. The minimum Gasteiger partial charge on any atom is -0.505 e. The van der Waals surface area contributed by atoms with Crippen molar-refractivity contribution in [1.29, 1.82) is 0 Å². The summed E-state index contributed by atoms with van der Waals surface area (Å²) in [5, 5.41) is 19.2. The van der Waals surface area contributed by atoms with Gasteiger partial charge in [0.05, 0.1) is 12.0 Å². The molecule has 164 valence electrons. The van der Waals surface area contributed by atoms with Crippen LogP contribution in [0.4, 0.5) is 11.4 Å². The highest BCUT2D eigenvalue weighted by molar-refractivity contribution is 7.86. The summed E-state index contributed by atoms with van der Waals surface area (Å²) in [5.74, 6) is -0.123. The normalized spacial score (nSPS) is 12.5. The fourth-order valence-corrected chi connectivity index (χ4v) is 4.35. The second-order valence-corrected chi connectivity index (χ2v) is 9.52. The Morgan fingerprint density at radius 2 is 1.55 bits per heavy atom. The van der Waals surface area contributed by atoms with Gasteiger partial charge >= 0.3 is 0 Å². The van der Waals surface area contributed by atoms with Crippen LogP contribution in [0.25, 0.3) is 10.8 Å². The number of hydrogen-bond acceptors (Lipinski definition) is 8. The Morgan fingerprint density at radius 1 is 0.871 bits per heavy atom. The van der Waals surface area contributed by atoms with Gasteiger partial charge in [-0.25, -0.2) is 0 Å². The van der Waals surface area contributed by atoms with Crippen LogP contribution >= 0.6 is 0 Å². The predicted molar refractivity (Wildman–Crippen MR) is 112 cm³/mol. The summed E-state index contributed by atoms with van der Waals surface area (Å²) in [5.41, 5.74) is 0.609. The average Bonchev–Trinajstić information content (AvgIpc) is 2.65. The molecule has 0 saturated heterocycles. The molecule has 0 atom stereocenters. The van der Waals surface area contributed by atoms with Crippen molar-refractivity contribution in [3.63, 3.8) is 0 Å². The topological polar surface area (TPSA) is 163 Å². The van der Waals surface area contributed by atoms with Gasteiger partial charge in [-0.2, -0.15) is 16.8 Å². The zero-order chi connectivity index (χ0) is 23.1. The summed E-state index contributed by atoms with van der Waals surface area (Å²) in [6, 6.07) is 7.75.